The van der Waals surface area contributed by atoms with Crippen molar-refractivity contribution in [3.05, 3.63) is 41.5 Å². The second-order valence-electron chi connectivity index (χ2n) is 6.59. The molecule has 0 bridgehead atoms. The minimum absolute atomic E-state index is 0.113. The Morgan fingerprint density at radius 1 is 1.37 bits per heavy atom. The fourth-order valence-corrected chi connectivity index (χ4v) is 3.37. The van der Waals surface area contributed by atoms with Gasteiger partial charge in [0.25, 0.3) is 0 Å². The molecular formula is C20H25FN4O2. The van der Waals surface area contributed by atoms with Crippen LogP contribution >= 0.6 is 0 Å². The molecule has 1 aromatic carbocycles. The molecule has 0 saturated heterocycles. The number of carbonyl (C=O) groups is 1. The molecule has 6 nitrogen and oxygen atoms in total. The molecular weight excluding hydrogens is 347 g/mol. The molecule has 144 valence electrons. The van der Waals surface area contributed by atoms with Gasteiger partial charge in [0.1, 0.15) is 0 Å². The fourth-order valence-electron chi connectivity index (χ4n) is 3.37. The number of carbonyl (C=O) groups excluding carboxylic acids is 1. The lowest BCUT2D eigenvalue weighted by molar-refractivity contribution is -0.120. The van der Waals surface area contributed by atoms with Crippen LogP contribution in [-0.4, -0.2) is 36.1 Å². The van der Waals surface area contributed by atoms with Crippen molar-refractivity contribution >= 4 is 17.5 Å². The number of methoxy groups -OCH3 is 1. The van der Waals surface area contributed by atoms with Gasteiger partial charge < -0.3 is 15.0 Å². The molecule has 3 rings (SSSR count). The molecule has 1 heterocycles. The van der Waals surface area contributed by atoms with E-state index in [9.17, 15) is 9.18 Å². The molecule has 0 radical (unpaired) electrons. The highest BCUT2D eigenvalue weighted by molar-refractivity contribution is 5.93. The summed E-state index contributed by atoms with van der Waals surface area (Å²) in [5.41, 5.74) is 2.46. The summed E-state index contributed by atoms with van der Waals surface area (Å²) in [5, 5.41) is 2.80. The lowest BCUT2D eigenvalue weighted by atomic mass is 9.86. The minimum atomic E-state index is -0.498. The van der Waals surface area contributed by atoms with Crippen LogP contribution in [0.15, 0.2) is 24.4 Å². The highest BCUT2D eigenvalue weighted by atomic mass is 19.1. The van der Waals surface area contributed by atoms with Crippen LogP contribution in [-0.2, 0) is 17.6 Å². The predicted octanol–water partition coefficient (Wildman–Crippen LogP) is 3.21. The second kappa shape index (κ2) is 8.33. The fraction of sp³-hybridized carbons (Fsp3) is 0.450. The van der Waals surface area contributed by atoms with E-state index in [4.69, 9.17) is 4.74 Å². The third kappa shape index (κ3) is 4.18. The highest BCUT2D eigenvalue weighted by Crippen LogP contribution is 2.27. The van der Waals surface area contributed by atoms with Crippen LogP contribution in [0, 0.1) is 11.7 Å². The zero-order valence-corrected chi connectivity index (χ0v) is 16.0. The molecule has 0 spiro atoms. The highest BCUT2D eigenvalue weighted by Gasteiger charge is 2.26. The molecule has 1 aliphatic rings. The lowest BCUT2D eigenvalue weighted by Gasteiger charge is -2.25. The van der Waals surface area contributed by atoms with Crippen LogP contribution in [0.4, 0.5) is 16.0 Å². The van der Waals surface area contributed by atoms with Crippen molar-refractivity contribution in [3.8, 4) is 5.75 Å². The van der Waals surface area contributed by atoms with E-state index >= 15 is 0 Å². The number of hydrogen-bond donors (Lipinski definition) is 1. The Morgan fingerprint density at radius 3 is 2.81 bits per heavy atom. The van der Waals surface area contributed by atoms with Crippen molar-refractivity contribution in [1.82, 2.24) is 9.97 Å². The molecule has 1 atom stereocenters. The SMILES string of the molecule is CCN(CC)c1ncc2c(n1)CC[C@@H](C(=O)Nc1ccc(OC)c(F)c1)C2. The lowest BCUT2D eigenvalue weighted by Crippen LogP contribution is -2.30. The van der Waals surface area contributed by atoms with Gasteiger partial charge in [0.05, 0.1) is 7.11 Å². The summed E-state index contributed by atoms with van der Waals surface area (Å²) in [6.45, 7) is 5.88. The van der Waals surface area contributed by atoms with Gasteiger partial charge in [-0.3, -0.25) is 4.79 Å². The van der Waals surface area contributed by atoms with E-state index in [1.165, 1.54) is 19.2 Å². The van der Waals surface area contributed by atoms with Gasteiger partial charge in [-0.1, -0.05) is 0 Å². The van der Waals surface area contributed by atoms with Crippen molar-refractivity contribution < 1.29 is 13.9 Å². The zero-order valence-electron chi connectivity index (χ0n) is 16.0. The Labute approximate surface area is 158 Å². The maximum atomic E-state index is 13.8. The summed E-state index contributed by atoms with van der Waals surface area (Å²) >= 11 is 0. The van der Waals surface area contributed by atoms with E-state index in [-0.39, 0.29) is 17.6 Å². The Morgan fingerprint density at radius 2 is 2.15 bits per heavy atom. The number of benzene rings is 1. The predicted molar refractivity (Wildman–Crippen MR) is 103 cm³/mol. The number of aryl methyl sites for hydroxylation is 1. The summed E-state index contributed by atoms with van der Waals surface area (Å²) in [5.74, 6) is 0.112. The molecule has 1 amide bonds. The third-order valence-corrected chi connectivity index (χ3v) is 4.97. The molecule has 1 aromatic heterocycles. The number of nitrogens with zero attached hydrogens (tertiary/aromatic N) is 3. The Balaban J connectivity index is 1.68. The van der Waals surface area contributed by atoms with Crippen molar-refractivity contribution in [2.75, 3.05) is 30.4 Å². The summed E-state index contributed by atoms with van der Waals surface area (Å²) in [4.78, 5) is 23.9. The van der Waals surface area contributed by atoms with Gasteiger partial charge >= 0.3 is 0 Å². The maximum Gasteiger partial charge on any atom is 0.227 e. The molecule has 7 heteroatoms. The number of rotatable bonds is 6. The quantitative estimate of drug-likeness (QED) is 0.843. The normalized spacial score (nSPS) is 15.8. The number of anilines is 2. The second-order valence-corrected chi connectivity index (χ2v) is 6.59. The first kappa shape index (κ1) is 19.1. The van der Waals surface area contributed by atoms with Gasteiger partial charge in [0.2, 0.25) is 11.9 Å². The van der Waals surface area contributed by atoms with E-state index in [2.05, 4.69) is 34.0 Å². The molecule has 0 aliphatic heterocycles. The van der Waals surface area contributed by atoms with E-state index < -0.39 is 5.82 Å². The molecule has 0 fully saturated rings. The van der Waals surface area contributed by atoms with Gasteiger partial charge in [-0.2, -0.15) is 0 Å². The number of aromatic nitrogens is 2. The molecule has 1 N–H and O–H groups in total. The Kier molecular flexibility index (Phi) is 5.88. The van der Waals surface area contributed by atoms with Crippen LogP contribution in [0.2, 0.25) is 0 Å². The van der Waals surface area contributed by atoms with Gasteiger partial charge in [-0.15, -0.1) is 0 Å². The van der Waals surface area contributed by atoms with Gasteiger partial charge in [0.15, 0.2) is 11.6 Å². The summed E-state index contributed by atoms with van der Waals surface area (Å²) in [6, 6.07) is 4.41. The van der Waals surface area contributed by atoms with Gasteiger partial charge in [0, 0.05) is 42.7 Å². The molecule has 0 unspecified atom stereocenters. The average molecular weight is 372 g/mol. The molecule has 0 saturated carbocycles. The monoisotopic (exact) mass is 372 g/mol. The molecule has 2 aromatic rings. The zero-order chi connectivity index (χ0) is 19.4. The number of amides is 1. The van der Waals surface area contributed by atoms with Crippen LogP contribution in [0.25, 0.3) is 0 Å². The first-order valence-electron chi connectivity index (χ1n) is 9.29. The topological polar surface area (TPSA) is 67.4 Å². The van der Waals surface area contributed by atoms with Crippen LogP contribution in [0.3, 0.4) is 0 Å². The van der Waals surface area contributed by atoms with Crippen molar-refractivity contribution in [2.45, 2.75) is 33.1 Å². The summed E-state index contributed by atoms with van der Waals surface area (Å²) in [7, 11) is 1.41. The Bertz CT molecular complexity index is 824. The maximum absolute atomic E-state index is 13.8. The van der Waals surface area contributed by atoms with E-state index in [1.807, 2.05) is 6.20 Å². The van der Waals surface area contributed by atoms with Gasteiger partial charge in [-0.05, 0) is 50.8 Å². The standard InChI is InChI=1S/C20H25FN4O2/c1-4-25(5-2)20-22-12-14-10-13(6-8-17(14)24-20)19(26)23-15-7-9-18(27-3)16(21)11-15/h7,9,11-13H,4-6,8,10H2,1-3H3,(H,23,26)/t13-/m1/s1. The number of fused-ring (bicyclic) bond motifs is 1. The van der Waals surface area contributed by atoms with Crippen molar-refractivity contribution in [2.24, 2.45) is 5.92 Å². The van der Waals surface area contributed by atoms with Crippen molar-refractivity contribution in [1.29, 1.82) is 0 Å². The number of hydrogen-bond acceptors (Lipinski definition) is 5. The molecule has 27 heavy (non-hydrogen) atoms. The summed E-state index contributed by atoms with van der Waals surface area (Å²) in [6.07, 6.45) is 3.88. The first-order chi connectivity index (χ1) is 13.0. The third-order valence-electron chi connectivity index (χ3n) is 4.97. The van der Waals surface area contributed by atoms with Crippen LogP contribution in [0.5, 0.6) is 5.75 Å². The van der Waals surface area contributed by atoms with E-state index in [0.717, 1.165) is 36.7 Å². The minimum Gasteiger partial charge on any atom is -0.494 e. The first-order valence-corrected chi connectivity index (χ1v) is 9.29. The number of ether oxygens (including phenoxy) is 1. The van der Waals surface area contributed by atoms with Gasteiger partial charge in [-0.25, -0.2) is 14.4 Å². The summed E-state index contributed by atoms with van der Waals surface area (Å²) < 4.78 is 18.7. The van der Waals surface area contributed by atoms with E-state index in [0.29, 0.717) is 18.5 Å². The number of halogens is 1. The Hall–Kier alpha value is -2.70. The van der Waals surface area contributed by atoms with E-state index in [1.54, 1.807) is 6.07 Å². The smallest absolute Gasteiger partial charge is 0.227 e. The van der Waals surface area contributed by atoms with Crippen LogP contribution < -0.4 is 15.0 Å². The van der Waals surface area contributed by atoms with Crippen molar-refractivity contribution in [3.63, 3.8) is 0 Å². The number of nitrogens with one attached hydrogen (secondary N) is 1. The molecule has 1 aliphatic carbocycles. The van der Waals surface area contributed by atoms with Crippen LogP contribution in [0.1, 0.15) is 31.5 Å². The average Bonchev–Trinajstić information content (AvgIpc) is 2.68. The largest absolute Gasteiger partial charge is 0.494 e.